The van der Waals surface area contributed by atoms with E-state index in [0.29, 0.717) is 0 Å². The second kappa shape index (κ2) is 13.3. The van der Waals surface area contributed by atoms with Crippen molar-refractivity contribution in [1.82, 2.24) is 21.2 Å². The summed E-state index contributed by atoms with van der Waals surface area (Å²) in [5.41, 5.74) is 11.7. The predicted octanol–water partition coefficient (Wildman–Crippen LogP) is 3.85. The molecule has 1 aliphatic rings. The first-order chi connectivity index (χ1) is 17.3. The standard InChI is InChI=1S/C26H36N6O4/c1-19-7-9-21(10-8-19)17-27-25(35)32(18-20(2)24(33)34)26(36)29-30-28-22-11-13-23(14-12-22)31-15-5-3-4-6-16-31/h7-14,20,28,30H,3-6,15-18H2,1-2H3,(H,27,35)(H,29,36)(H,33,34)/t20-/m0/s1. The van der Waals surface area contributed by atoms with Crippen molar-refractivity contribution in [2.45, 2.75) is 46.1 Å². The number of aryl methyl sites for hydroxylation is 1. The summed E-state index contributed by atoms with van der Waals surface area (Å²) in [6.07, 6.45) is 4.93. The molecule has 1 heterocycles. The van der Waals surface area contributed by atoms with Crippen LogP contribution in [0.3, 0.4) is 0 Å². The van der Waals surface area contributed by atoms with E-state index in [4.69, 9.17) is 0 Å². The quantitative estimate of drug-likeness (QED) is 0.334. The van der Waals surface area contributed by atoms with Crippen LogP contribution in [0.2, 0.25) is 0 Å². The van der Waals surface area contributed by atoms with Crippen molar-refractivity contribution in [3.63, 3.8) is 0 Å². The first-order valence-electron chi connectivity index (χ1n) is 12.3. The number of anilines is 2. The summed E-state index contributed by atoms with van der Waals surface area (Å²) in [4.78, 5) is 40.0. The molecular weight excluding hydrogens is 460 g/mol. The van der Waals surface area contributed by atoms with E-state index in [1.54, 1.807) is 0 Å². The van der Waals surface area contributed by atoms with Crippen LogP contribution in [0.1, 0.15) is 43.7 Å². The van der Waals surface area contributed by atoms with Gasteiger partial charge in [0.1, 0.15) is 0 Å². The molecule has 3 rings (SSSR count). The predicted molar refractivity (Wildman–Crippen MR) is 139 cm³/mol. The molecule has 1 fully saturated rings. The molecule has 10 heteroatoms. The minimum Gasteiger partial charge on any atom is -0.481 e. The Morgan fingerprint density at radius 3 is 2.19 bits per heavy atom. The first-order valence-corrected chi connectivity index (χ1v) is 12.3. The monoisotopic (exact) mass is 496 g/mol. The SMILES string of the molecule is Cc1ccc(CNC(=O)N(C[C@H](C)C(=O)O)C(=O)NNNc2ccc(N3CCCCCC3)cc2)cc1. The summed E-state index contributed by atoms with van der Waals surface area (Å²) in [6, 6.07) is 14.0. The minimum atomic E-state index is -1.10. The highest BCUT2D eigenvalue weighted by atomic mass is 16.4. The lowest BCUT2D eigenvalue weighted by atomic mass is 10.1. The fourth-order valence-corrected chi connectivity index (χ4v) is 3.90. The van der Waals surface area contributed by atoms with Crippen LogP contribution in [0.25, 0.3) is 0 Å². The van der Waals surface area contributed by atoms with E-state index in [1.807, 2.05) is 55.5 Å². The first kappa shape index (κ1) is 26.8. The summed E-state index contributed by atoms with van der Waals surface area (Å²) < 4.78 is 0. The molecule has 194 valence electrons. The van der Waals surface area contributed by atoms with Crippen LogP contribution < -0.4 is 26.6 Å². The number of hydrogen-bond donors (Lipinski definition) is 5. The molecule has 0 unspecified atom stereocenters. The van der Waals surface area contributed by atoms with Gasteiger partial charge in [-0.3, -0.25) is 10.2 Å². The van der Waals surface area contributed by atoms with Gasteiger partial charge in [0.25, 0.3) is 0 Å². The summed E-state index contributed by atoms with van der Waals surface area (Å²) in [6.45, 7) is 5.43. The summed E-state index contributed by atoms with van der Waals surface area (Å²) >= 11 is 0. The molecule has 2 aromatic carbocycles. The van der Waals surface area contributed by atoms with Crippen LogP contribution in [-0.2, 0) is 11.3 Å². The van der Waals surface area contributed by atoms with E-state index in [0.717, 1.165) is 40.5 Å². The molecule has 0 aromatic heterocycles. The van der Waals surface area contributed by atoms with E-state index in [-0.39, 0.29) is 13.1 Å². The molecule has 1 saturated heterocycles. The largest absolute Gasteiger partial charge is 0.481 e. The Morgan fingerprint density at radius 2 is 1.58 bits per heavy atom. The number of amides is 4. The number of hydrazine groups is 2. The van der Waals surface area contributed by atoms with Crippen molar-refractivity contribution in [2.75, 3.05) is 30.0 Å². The molecule has 0 bridgehead atoms. The number of nitrogens with one attached hydrogen (secondary N) is 4. The number of urea groups is 2. The molecule has 1 aliphatic heterocycles. The Balaban J connectivity index is 1.53. The molecule has 0 aliphatic carbocycles. The minimum absolute atomic E-state index is 0.208. The highest BCUT2D eigenvalue weighted by Crippen LogP contribution is 2.21. The zero-order chi connectivity index (χ0) is 25.9. The number of nitrogens with zero attached hydrogens (tertiary/aromatic N) is 2. The van der Waals surface area contributed by atoms with Crippen LogP contribution in [0, 0.1) is 12.8 Å². The third kappa shape index (κ3) is 8.16. The molecule has 0 saturated carbocycles. The molecule has 4 amide bonds. The normalized spacial score (nSPS) is 14.3. The Hall–Kier alpha value is -3.79. The third-order valence-electron chi connectivity index (χ3n) is 6.15. The number of carbonyl (C=O) groups is 3. The molecule has 10 nitrogen and oxygen atoms in total. The average Bonchev–Trinajstić information content (AvgIpc) is 3.16. The van der Waals surface area contributed by atoms with Crippen LogP contribution in [0.5, 0.6) is 0 Å². The lowest BCUT2D eigenvalue weighted by Crippen LogP contribution is -2.54. The summed E-state index contributed by atoms with van der Waals surface area (Å²) in [5, 5.41) is 11.9. The molecular formula is C26H36N6O4. The maximum Gasteiger partial charge on any atom is 0.341 e. The lowest BCUT2D eigenvalue weighted by Gasteiger charge is -2.24. The fraction of sp³-hybridized carbons (Fsp3) is 0.423. The maximum absolute atomic E-state index is 12.7. The van der Waals surface area contributed by atoms with Crippen LogP contribution >= 0.6 is 0 Å². The highest BCUT2D eigenvalue weighted by Gasteiger charge is 2.26. The smallest absolute Gasteiger partial charge is 0.341 e. The topological polar surface area (TPSA) is 126 Å². The Bertz CT molecular complexity index is 1000. The number of aliphatic carboxylic acids is 1. The van der Waals surface area contributed by atoms with Crippen molar-refractivity contribution in [1.29, 1.82) is 0 Å². The summed E-state index contributed by atoms with van der Waals surface area (Å²) in [7, 11) is 0. The number of carbonyl (C=O) groups excluding carboxylic acids is 2. The van der Waals surface area contributed by atoms with E-state index in [9.17, 15) is 19.5 Å². The number of carboxylic acid groups (broad SMARTS) is 1. The van der Waals surface area contributed by atoms with Crippen LogP contribution in [-0.4, -0.2) is 47.7 Å². The van der Waals surface area contributed by atoms with Gasteiger partial charge in [-0.05, 0) is 49.6 Å². The summed E-state index contributed by atoms with van der Waals surface area (Å²) in [5.74, 6) is -2.03. The van der Waals surface area contributed by atoms with Crippen molar-refractivity contribution < 1.29 is 19.5 Å². The van der Waals surface area contributed by atoms with Gasteiger partial charge in [0, 0.05) is 31.9 Å². The van der Waals surface area contributed by atoms with Gasteiger partial charge < -0.3 is 20.7 Å². The molecule has 5 N–H and O–H groups in total. The van der Waals surface area contributed by atoms with Gasteiger partial charge in [-0.2, -0.15) is 0 Å². The van der Waals surface area contributed by atoms with Gasteiger partial charge in [0.15, 0.2) is 0 Å². The average molecular weight is 497 g/mol. The number of carboxylic acids is 1. The highest BCUT2D eigenvalue weighted by molar-refractivity contribution is 5.93. The number of benzene rings is 2. The van der Waals surface area contributed by atoms with E-state index < -0.39 is 23.9 Å². The van der Waals surface area contributed by atoms with Gasteiger partial charge in [-0.1, -0.05) is 49.6 Å². The Morgan fingerprint density at radius 1 is 0.944 bits per heavy atom. The van der Waals surface area contributed by atoms with Gasteiger partial charge in [-0.25, -0.2) is 14.5 Å². The third-order valence-corrected chi connectivity index (χ3v) is 6.15. The molecule has 1 atom stereocenters. The second-order valence-electron chi connectivity index (χ2n) is 9.12. The number of imide groups is 1. The van der Waals surface area contributed by atoms with Gasteiger partial charge >= 0.3 is 18.0 Å². The number of hydrogen-bond acceptors (Lipinski definition) is 6. The lowest BCUT2D eigenvalue weighted by molar-refractivity contribution is -0.141. The Kier molecular flexibility index (Phi) is 9.93. The Labute approximate surface area is 212 Å². The zero-order valence-corrected chi connectivity index (χ0v) is 20.9. The molecule has 0 spiro atoms. The van der Waals surface area contributed by atoms with Crippen LogP contribution in [0.4, 0.5) is 21.0 Å². The zero-order valence-electron chi connectivity index (χ0n) is 20.9. The van der Waals surface area contributed by atoms with E-state index >= 15 is 0 Å². The van der Waals surface area contributed by atoms with Crippen molar-refractivity contribution in [3.05, 3.63) is 59.7 Å². The number of rotatable bonds is 9. The molecule has 36 heavy (non-hydrogen) atoms. The molecule has 0 radical (unpaired) electrons. The van der Waals surface area contributed by atoms with E-state index in [2.05, 4.69) is 26.6 Å². The molecule has 2 aromatic rings. The van der Waals surface area contributed by atoms with E-state index in [1.165, 1.54) is 32.6 Å². The second-order valence-corrected chi connectivity index (χ2v) is 9.12. The van der Waals surface area contributed by atoms with Crippen molar-refractivity contribution in [2.24, 2.45) is 5.92 Å². The van der Waals surface area contributed by atoms with Crippen molar-refractivity contribution >= 4 is 29.4 Å². The van der Waals surface area contributed by atoms with Gasteiger partial charge in [0.2, 0.25) is 0 Å². The van der Waals surface area contributed by atoms with Gasteiger partial charge in [0.05, 0.1) is 11.6 Å². The van der Waals surface area contributed by atoms with Crippen LogP contribution in [0.15, 0.2) is 48.5 Å². The van der Waals surface area contributed by atoms with Gasteiger partial charge in [-0.15, -0.1) is 5.53 Å². The maximum atomic E-state index is 12.7. The van der Waals surface area contributed by atoms with Crippen molar-refractivity contribution in [3.8, 4) is 0 Å². The fourth-order valence-electron chi connectivity index (χ4n) is 3.90.